The maximum absolute atomic E-state index is 6.35. The van der Waals surface area contributed by atoms with Gasteiger partial charge in [0, 0.05) is 0 Å². The zero-order chi connectivity index (χ0) is 15.6. The van der Waals surface area contributed by atoms with Crippen LogP contribution < -0.4 is 5.32 Å². The first-order valence-electron chi connectivity index (χ1n) is 7.06. The summed E-state index contributed by atoms with van der Waals surface area (Å²) in [6, 6.07) is 14.4. The number of hydrogen-bond donors (Lipinski definition) is 1. The van der Waals surface area contributed by atoms with E-state index in [1.54, 1.807) is 0 Å². The molecule has 0 aliphatic rings. The molecule has 0 fully saturated rings. The molecule has 0 aromatic heterocycles. The van der Waals surface area contributed by atoms with Crippen LogP contribution in [0, 0.1) is 0 Å². The van der Waals surface area contributed by atoms with Gasteiger partial charge in [0.15, 0.2) is 0 Å². The molecule has 1 atom stereocenters. The summed E-state index contributed by atoms with van der Waals surface area (Å²) in [5, 5.41) is 4.51. The minimum Gasteiger partial charge on any atom is -0.309 e. The summed E-state index contributed by atoms with van der Waals surface area (Å²) in [7, 11) is 1.93. The van der Waals surface area contributed by atoms with Crippen LogP contribution in [0.4, 0.5) is 0 Å². The van der Waals surface area contributed by atoms with Crippen molar-refractivity contribution in [3.63, 3.8) is 0 Å². The molecular weight excluding hydrogens is 301 g/mol. The molecule has 21 heavy (non-hydrogen) atoms. The average Bonchev–Trinajstić information content (AvgIpc) is 2.44. The van der Waals surface area contributed by atoms with Crippen LogP contribution in [0.5, 0.6) is 0 Å². The quantitative estimate of drug-likeness (QED) is 0.775. The smallest absolute Gasteiger partial charge is 0.0643 e. The first kappa shape index (κ1) is 16.4. The Hall–Kier alpha value is -1.02. The van der Waals surface area contributed by atoms with Gasteiger partial charge in [0.1, 0.15) is 0 Å². The van der Waals surface area contributed by atoms with Gasteiger partial charge in [-0.25, -0.2) is 0 Å². The van der Waals surface area contributed by atoms with E-state index >= 15 is 0 Å². The summed E-state index contributed by atoms with van der Waals surface area (Å²) < 4.78 is 0. The van der Waals surface area contributed by atoms with E-state index in [-0.39, 0.29) is 11.5 Å². The van der Waals surface area contributed by atoms with Crippen LogP contribution in [0.15, 0.2) is 42.5 Å². The van der Waals surface area contributed by atoms with E-state index < -0.39 is 0 Å². The zero-order valence-electron chi connectivity index (χ0n) is 12.9. The van der Waals surface area contributed by atoms with Gasteiger partial charge in [0.05, 0.1) is 16.1 Å². The molecule has 0 saturated carbocycles. The molecule has 0 heterocycles. The molecule has 0 spiro atoms. The minimum absolute atomic E-state index is 0.0326. The van der Waals surface area contributed by atoms with Gasteiger partial charge in [-0.05, 0) is 35.2 Å². The second-order valence-electron chi connectivity index (χ2n) is 6.24. The molecule has 0 radical (unpaired) electrons. The highest BCUT2D eigenvalue weighted by molar-refractivity contribution is 6.42. The van der Waals surface area contributed by atoms with Crippen molar-refractivity contribution in [2.24, 2.45) is 0 Å². The number of hydrogen-bond acceptors (Lipinski definition) is 1. The largest absolute Gasteiger partial charge is 0.309 e. The average molecular weight is 322 g/mol. The zero-order valence-corrected chi connectivity index (χ0v) is 14.4. The van der Waals surface area contributed by atoms with Crippen molar-refractivity contribution in [2.75, 3.05) is 7.05 Å². The third kappa shape index (κ3) is 3.60. The number of nitrogens with one attached hydrogen (secondary N) is 1. The monoisotopic (exact) mass is 321 g/mol. The van der Waals surface area contributed by atoms with E-state index in [4.69, 9.17) is 23.2 Å². The Morgan fingerprint density at radius 3 is 2.10 bits per heavy atom. The van der Waals surface area contributed by atoms with Gasteiger partial charge < -0.3 is 5.32 Å². The van der Waals surface area contributed by atoms with Gasteiger partial charge >= 0.3 is 0 Å². The molecule has 2 rings (SSSR count). The van der Waals surface area contributed by atoms with Crippen molar-refractivity contribution in [2.45, 2.75) is 32.2 Å². The lowest BCUT2D eigenvalue weighted by Crippen LogP contribution is -2.18. The number of rotatable bonds is 3. The summed E-state index contributed by atoms with van der Waals surface area (Å²) in [5.41, 5.74) is 3.64. The maximum Gasteiger partial charge on any atom is 0.0643 e. The van der Waals surface area contributed by atoms with Crippen LogP contribution in [0.25, 0.3) is 0 Å². The summed E-state index contributed by atoms with van der Waals surface area (Å²) in [6.07, 6.45) is 0. The van der Waals surface area contributed by atoms with E-state index in [0.717, 1.165) is 5.56 Å². The van der Waals surface area contributed by atoms with Gasteiger partial charge in [0.2, 0.25) is 0 Å². The van der Waals surface area contributed by atoms with Crippen LogP contribution in [0.2, 0.25) is 10.0 Å². The third-order valence-electron chi connectivity index (χ3n) is 3.69. The van der Waals surface area contributed by atoms with Crippen molar-refractivity contribution in [1.29, 1.82) is 0 Å². The van der Waals surface area contributed by atoms with Crippen LogP contribution in [0.3, 0.4) is 0 Å². The molecule has 0 saturated heterocycles. The molecule has 0 amide bonds. The van der Waals surface area contributed by atoms with Crippen molar-refractivity contribution in [3.8, 4) is 0 Å². The SMILES string of the molecule is CNC(c1ccc(C(C)(C)C)cc1)c1cccc(Cl)c1Cl. The molecule has 0 aliphatic heterocycles. The highest BCUT2D eigenvalue weighted by Gasteiger charge is 2.18. The summed E-state index contributed by atoms with van der Waals surface area (Å²) in [4.78, 5) is 0. The fourth-order valence-electron chi connectivity index (χ4n) is 2.42. The van der Waals surface area contributed by atoms with Crippen molar-refractivity contribution in [1.82, 2.24) is 5.32 Å². The van der Waals surface area contributed by atoms with E-state index in [9.17, 15) is 0 Å². The van der Waals surface area contributed by atoms with Crippen molar-refractivity contribution in [3.05, 3.63) is 69.2 Å². The molecule has 0 aliphatic carbocycles. The Kier molecular flexibility index (Phi) is 4.98. The first-order chi connectivity index (χ1) is 9.84. The Bertz CT molecular complexity index is 612. The van der Waals surface area contributed by atoms with Crippen LogP contribution in [0.1, 0.15) is 43.5 Å². The molecule has 3 heteroatoms. The second kappa shape index (κ2) is 6.39. The highest BCUT2D eigenvalue weighted by Crippen LogP contribution is 2.33. The van der Waals surface area contributed by atoms with Gasteiger partial charge in [-0.15, -0.1) is 0 Å². The van der Waals surface area contributed by atoms with Gasteiger partial charge in [-0.3, -0.25) is 0 Å². The normalized spacial score (nSPS) is 13.2. The van der Waals surface area contributed by atoms with E-state index in [2.05, 4.69) is 50.4 Å². The van der Waals surface area contributed by atoms with Crippen LogP contribution >= 0.6 is 23.2 Å². The van der Waals surface area contributed by atoms with E-state index in [0.29, 0.717) is 10.0 Å². The summed E-state index contributed by atoms with van der Waals surface area (Å²) in [6.45, 7) is 6.64. The lowest BCUT2D eigenvalue weighted by atomic mass is 9.86. The second-order valence-corrected chi connectivity index (χ2v) is 7.02. The molecule has 1 N–H and O–H groups in total. The van der Waals surface area contributed by atoms with Crippen LogP contribution in [-0.4, -0.2) is 7.05 Å². The molecule has 112 valence electrons. The number of halogens is 2. The maximum atomic E-state index is 6.35. The topological polar surface area (TPSA) is 12.0 Å². The predicted octanol–water partition coefficient (Wildman–Crippen LogP) is 5.60. The van der Waals surface area contributed by atoms with E-state index in [1.807, 2.05) is 25.2 Å². The molecule has 1 unspecified atom stereocenters. The fourth-order valence-corrected chi connectivity index (χ4v) is 2.84. The summed E-state index contributed by atoms with van der Waals surface area (Å²) in [5.74, 6) is 0. The van der Waals surface area contributed by atoms with Crippen molar-refractivity contribution < 1.29 is 0 Å². The molecule has 2 aromatic rings. The van der Waals surface area contributed by atoms with Gasteiger partial charge in [-0.2, -0.15) is 0 Å². The van der Waals surface area contributed by atoms with Crippen molar-refractivity contribution >= 4 is 23.2 Å². The Morgan fingerprint density at radius 2 is 1.57 bits per heavy atom. The van der Waals surface area contributed by atoms with E-state index in [1.165, 1.54) is 11.1 Å². The molecular formula is C18H21Cl2N. The lowest BCUT2D eigenvalue weighted by Gasteiger charge is -2.22. The van der Waals surface area contributed by atoms with Gasteiger partial charge in [0.25, 0.3) is 0 Å². The fraction of sp³-hybridized carbons (Fsp3) is 0.333. The Balaban J connectivity index is 2.40. The standard InChI is InChI=1S/C18H21Cl2N/c1-18(2,3)13-10-8-12(9-11-13)17(21-4)14-6-5-7-15(19)16(14)20/h5-11,17,21H,1-4H3. The highest BCUT2D eigenvalue weighted by atomic mass is 35.5. The molecule has 2 aromatic carbocycles. The van der Waals surface area contributed by atoms with Crippen LogP contribution in [-0.2, 0) is 5.41 Å². The molecule has 0 bridgehead atoms. The predicted molar refractivity (Wildman–Crippen MR) is 92.5 cm³/mol. The molecule has 1 nitrogen and oxygen atoms in total. The summed E-state index contributed by atoms with van der Waals surface area (Å²) >= 11 is 12.5. The first-order valence-corrected chi connectivity index (χ1v) is 7.82. The van der Waals surface area contributed by atoms with Gasteiger partial charge in [-0.1, -0.05) is 80.4 Å². The minimum atomic E-state index is 0.0326. The number of benzene rings is 2. The lowest BCUT2D eigenvalue weighted by molar-refractivity contribution is 0.589. The third-order valence-corrected chi connectivity index (χ3v) is 4.52. The Labute approximate surface area is 137 Å². The Morgan fingerprint density at radius 1 is 0.952 bits per heavy atom.